The van der Waals surface area contributed by atoms with Gasteiger partial charge >= 0.3 is 5.97 Å². The van der Waals surface area contributed by atoms with Gasteiger partial charge in [0.25, 0.3) is 0 Å². The third kappa shape index (κ3) is 1.87. The summed E-state index contributed by atoms with van der Waals surface area (Å²) in [5.41, 5.74) is -2.07. The highest BCUT2D eigenvalue weighted by Crippen LogP contribution is 2.43. The number of halogens is 2. The molecule has 16 heavy (non-hydrogen) atoms. The first-order valence-corrected chi connectivity index (χ1v) is 5.50. The minimum Gasteiger partial charge on any atom is -0.478 e. The highest BCUT2D eigenvalue weighted by Gasteiger charge is 2.51. The summed E-state index contributed by atoms with van der Waals surface area (Å²) in [4.78, 5) is 22.6. The molecule has 0 bridgehead atoms. The molecule has 3 nitrogen and oxygen atoms in total. The molecule has 84 valence electrons. The fraction of sp³-hybridized carbons (Fsp3) is 0.273. The molecule has 0 saturated heterocycles. The van der Waals surface area contributed by atoms with Gasteiger partial charge in [0.2, 0.25) is 5.78 Å². The van der Waals surface area contributed by atoms with Gasteiger partial charge in [-0.2, -0.15) is 0 Å². The quantitative estimate of drug-likeness (QED) is 0.870. The highest BCUT2D eigenvalue weighted by atomic mass is 79.9. The van der Waals surface area contributed by atoms with Crippen LogP contribution in [-0.2, 0) is 0 Å². The Morgan fingerprint density at radius 2 is 1.94 bits per heavy atom. The molecule has 1 aromatic rings. The maximum Gasteiger partial charge on any atom is 0.336 e. The lowest BCUT2D eigenvalue weighted by molar-refractivity contribution is 0.0687. The van der Waals surface area contributed by atoms with Crippen molar-refractivity contribution in [2.24, 2.45) is 0 Å². The number of hydrogen-bond donors (Lipinski definition) is 1. The van der Waals surface area contributed by atoms with Gasteiger partial charge in [0.1, 0.15) is 0 Å². The molecule has 1 N–H and O–H groups in total. The molecule has 5 heteroatoms. The molecule has 0 unspecified atom stereocenters. The van der Waals surface area contributed by atoms with E-state index in [1.807, 2.05) is 0 Å². The Bertz CT molecular complexity index is 480. The van der Waals surface area contributed by atoms with E-state index >= 15 is 0 Å². The molecule has 0 amide bonds. The maximum absolute atomic E-state index is 13.6. The van der Waals surface area contributed by atoms with Crippen LogP contribution in [0.1, 0.15) is 33.6 Å². The van der Waals surface area contributed by atoms with Crippen molar-refractivity contribution in [1.82, 2.24) is 0 Å². The van der Waals surface area contributed by atoms with Crippen LogP contribution in [0.3, 0.4) is 0 Å². The largest absolute Gasteiger partial charge is 0.478 e. The number of rotatable bonds is 3. The lowest BCUT2D eigenvalue weighted by atomic mass is 10.00. The molecule has 1 saturated carbocycles. The minimum atomic E-state index is -1.84. The van der Waals surface area contributed by atoms with E-state index < -0.39 is 17.4 Å². The average molecular weight is 287 g/mol. The first kappa shape index (κ1) is 11.3. The van der Waals surface area contributed by atoms with Crippen LogP contribution in [0.15, 0.2) is 22.7 Å². The van der Waals surface area contributed by atoms with Crippen molar-refractivity contribution in [3.8, 4) is 0 Å². The number of aromatic carboxylic acids is 1. The number of ketones is 1. The summed E-state index contributed by atoms with van der Waals surface area (Å²) in [6, 6.07) is 4.16. The van der Waals surface area contributed by atoms with Gasteiger partial charge in [-0.25, -0.2) is 9.18 Å². The third-order valence-corrected chi connectivity index (χ3v) is 3.05. The first-order valence-electron chi connectivity index (χ1n) is 4.70. The van der Waals surface area contributed by atoms with Gasteiger partial charge in [0.05, 0.1) is 5.56 Å². The van der Waals surface area contributed by atoms with Gasteiger partial charge in [-0.05, 0) is 31.0 Å². The Hall–Kier alpha value is -1.23. The Morgan fingerprint density at radius 1 is 1.31 bits per heavy atom. The van der Waals surface area contributed by atoms with E-state index in [4.69, 9.17) is 5.11 Å². The van der Waals surface area contributed by atoms with Crippen LogP contribution < -0.4 is 0 Å². The van der Waals surface area contributed by atoms with E-state index in [1.54, 1.807) is 0 Å². The number of carboxylic acids is 1. The maximum atomic E-state index is 13.6. The predicted molar refractivity (Wildman–Crippen MR) is 58.5 cm³/mol. The molecule has 1 aromatic carbocycles. The Kier molecular flexibility index (Phi) is 2.58. The Balaban J connectivity index is 2.49. The van der Waals surface area contributed by atoms with Crippen molar-refractivity contribution in [3.63, 3.8) is 0 Å². The van der Waals surface area contributed by atoms with Crippen LogP contribution >= 0.6 is 15.9 Å². The van der Waals surface area contributed by atoms with E-state index in [9.17, 15) is 14.0 Å². The summed E-state index contributed by atoms with van der Waals surface area (Å²) >= 11 is 3.13. The van der Waals surface area contributed by atoms with Gasteiger partial charge < -0.3 is 5.11 Å². The topological polar surface area (TPSA) is 54.4 Å². The second kappa shape index (κ2) is 3.66. The summed E-state index contributed by atoms with van der Waals surface area (Å²) in [5, 5.41) is 8.90. The SMILES string of the molecule is O=C(O)c1ccc(Br)cc1C(=O)C1(F)CC1. The summed E-state index contributed by atoms with van der Waals surface area (Å²) in [5.74, 6) is -1.95. The third-order valence-electron chi connectivity index (χ3n) is 2.55. The molecule has 1 fully saturated rings. The van der Waals surface area contributed by atoms with Crippen molar-refractivity contribution in [1.29, 1.82) is 0 Å². The van der Waals surface area contributed by atoms with Crippen LogP contribution in [0.25, 0.3) is 0 Å². The number of carboxylic acid groups (broad SMARTS) is 1. The minimum absolute atomic E-state index is 0.0677. The fourth-order valence-corrected chi connectivity index (χ4v) is 1.83. The zero-order chi connectivity index (χ0) is 11.9. The van der Waals surface area contributed by atoms with Crippen molar-refractivity contribution < 1.29 is 19.1 Å². The molecule has 0 aromatic heterocycles. The number of Topliss-reactive ketones (excluding diaryl/α,β-unsaturated/α-hetero) is 1. The summed E-state index contributed by atoms with van der Waals surface area (Å²) in [6.45, 7) is 0. The van der Waals surface area contributed by atoms with E-state index in [2.05, 4.69) is 15.9 Å². The van der Waals surface area contributed by atoms with Crippen molar-refractivity contribution in [3.05, 3.63) is 33.8 Å². The molecule has 2 rings (SSSR count). The van der Waals surface area contributed by atoms with Gasteiger partial charge in [0.15, 0.2) is 5.67 Å². The van der Waals surface area contributed by atoms with E-state index in [0.717, 1.165) is 0 Å². The van der Waals surface area contributed by atoms with E-state index in [1.165, 1.54) is 18.2 Å². The predicted octanol–water partition coefficient (Wildman–Crippen LogP) is 2.83. The number of hydrogen-bond acceptors (Lipinski definition) is 2. The molecule has 0 spiro atoms. The lowest BCUT2D eigenvalue weighted by Gasteiger charge is -2.08. The number of alkyl halides is 1. The van der Waals surface area contributed by atoms with Crippen LogP contribution in [0.5, 0.6) is 0 Å². The van der Waals surface area contributed by atoms with Crippen molar-refractivity contribution >= 4 is 27.7 Å². The highest BCUT2D eigenvalue weighted by molar-refractivity contribution is 9.10. The normalized spacial score (nSPS) is 16.9. The Labute approximate surface area is 99.4 Å². The lowest BCUT2D eigenvalue weighted by Crippen LogP contribution is -2.20. The van der Waals surface area contributed by atoms with E-state index in [0.29, 0.717) is 4.47 Å². The summed E-state index contributed by atoms with van der Waals surface area (Å²) < 4.78 is 14.2. The molecule has 0 radical (unpaired) electrons. The van der Waals surface area contributed by atoms with Crippen molar-refractivity contribution in [2.45, 2.75) is 18.5 Å². The van der Waals surface area contributed by atoms with Gasteiger partial charge in [-0.15, -0.1) is 0 Å². The van der Waals surface area contributed by atoms with Gasteiger partial charge in [-0.3, -0.25) is 4.79 Å². The molecule has 0 aliphatic heterocycles. The summed E-state index contributed by atoms with van der Waals surface area (Å²) in [6.07, 6.45) is 0.356. The van der Waals surface area contributed by atoms with Crippen molar-refractivity contribution in [2.75, 3.05) is 0 Å². The second-order valence-electron chi connectivity index (χ2n) is 3.79. The average Bonchev–Trinajstić information content (AvgIpc) is 2.96. The molecule has 1 aliphatic rings. The number of benzene rings is 1. The number of carbonyl (C=O) groups excluding carboxylic acids is 1. The Morgan fingerprint density at radius 3 is 2.44 bits per heavy atom. The summed E-state index contributed by atoms with van der Waals surface area (Å²) in [7, 11) is 0. The molecule has 0 heterocycles. The van der Waals surface area contributed by atoms with Crippen LogP contribution in [0.4, 0.5) is 4.39 Å². The zero-order valence-corrected chi connectivity index (χ0v) is 9.75. The molecular formula is C11H8BrFO3. The van der Waals surface area contributed by atoms with Crippen LogP contribution in [0.2, 0.25) is 0 Å². The standard InChI is InChI=1S/C11H8BrFO3/c12-6-1-2-7(10(15)16)8(5-6)9(14)11(13)3-4-11/h1-2,5H,3-4H2,(H,15,16). The molecular weight excluding hydrogens is 279 g/mol. The fourth-order valence-electron chi connectivity index (χ4n) is 1.47. The van der Waals surface area contributed by atoms with E-state index in [-0.39, 0.29) is 24.0 Å². The van der Waals surface area contributed by atoms with Gasteiger partial charge in [0, 0.05) is 10.0 Å². The molecule has 1 aliphatic carbocycles. The second-order valence-corrected chi connectivity index (χ2v) is 4.71. The van der Waals surface area contributed by atoms with Crippen LogP contribution in [-0.4, -0.2) is 22.5 Å². The van der Waals surface area contributed by atoms with Crippen LogP contribution in [0, 0.1) is 0 Å². The monoisotopic (exact) mass is 286 g/mol. The first-order chi connectivity index (χ1) is 7.44. The van der Waals surface area contributed by atoms with Gasteiger partial charge in [-0.1, -0.05) is 15.9 Å². The zero-order valence-electron chi connectivity index (χ0n) is 8.17. The molecule has 0 atom stereocenters. The smallest absolute Gasteiger partial charge is 0.336 e. The number of carbonyl (C=O) groups is 2.